The van der Waals surface area contributed by atoms with Crippen LogP contribution in [0, 0.1) is 5.82 Å². The maximum atomic E-state index is 13.3. The minimum absolute atomic E-state index is 0.115. The van der Waals surface area contributed by atoms with Gasteiger partial charge in [-0.25, -0.2) is 4.39 Å². The van der Waals surface area contributed by atoms with Crippen molar-refractivity contribution in [1.29, 1.82) is 0 Å². The molecule has 0 fully saturated rings. The van der Waals surface area contributed by atoms with E-state index in [1.807, 2.05) is 18.2 Å². The number of aryl methyl sites for hydroxylation is 1. The predicted molar refractivity (Wildman–Crippen MR) is 104 cm³/mol. The van der Waals surface area contributed by atoms with E-state index < -0.39 is 0 Å². The van der Waals surface area contributed by atoms with Crippen molar-refractivity contribution in [2.75, 3.05) is 20.8 Å². The lowest BCUT2D eigenvalue weighted by Gasteiger charge is -2.10. The zero-order valence-corrected chi connectivity index (χ0v) is 16.3. The lowest BCUT2D eigenvalue weighted by molar-refractivity contribution is -0.121. The molecule has 0 unspecified atom stereocenters. The molecule has 0 bridgehead atoms. The molecule has 0 spiro atoms. The van der Waals surface area contributed by atoms with Crippen LogP contribution in [0.1, 0.15) is 17.9 Å². The number of rotatable bonds is 9. The molecule has 1 heterocycles. The van der Waals surface area contributed by atoms with Gasteiger partial charge in [-0.3, -0.25) is 4.79 Å². The molecule has 2 aromatic carbocycles. The van der Waals surface area contributed by atoms with Gasteiger partial charge in [0.1, 0.15) is 5.82 Å². The average Bonchev–Trinajstić information content (AvgIpc) is 3.21. The molecule has 0 saturated carbocycles. The van der Waals surface area contributed by atoms with Crippen molar-refractivity contribution in [3.8, 4) is 22.9 Å². The molecule has 1 amide bonds. The normalized spacial score (nSPS) is 10.6. The van der Waals surface area contributed by atoms with E-state index in [0.29, 0.717) is 48.2 Å². The zero-order chi connectivity index (χ0) is 20.6. The van der Waals surface area contributed by atoms with Gasteiger partial charge in [-0.1, -0.05) is 23.4 Å². The van der Waals surface area contributed by atoms with Gasteiger partial charge in [0, 0.05) is 24.9 Å². The van der Waals surface area contributed by atoms with Crippen LogP contribution in [0.4, 0.5) is 4.39 Å². The van der Waals surface area contributed by atoms with Crippen LogP contribution >= 0.6 is 0 Å². The number of aromatic nitrogens is 2. The van der Waals surface area contributed by atoms with Crippen LogP contribution < -0.4 is 14.8 Å². The molecule has 29 heavy (non-hydrogen) atoms. The molecular formula is C21H22FN3O4. The Balaban J connectivity index is 1.45. The minimum Gasteiger partial charge on any atom is -0.493 e. The summed E-state index contributed by atoms with van der Waals surface area (Å²) in [6.45, 7) is 0.493. The fourth-order valence-corrected chi connectivity index (χ4v) is 2.79. The monoisotopic (exact) mass is 399 g/mol. The fraction of sp³-hybridized carbons (Fsp3) is 0.286. The highest BCUT2D eigenvalue weighted by molar-refractivity contribution is 5.76. The van der Waals surface area contributed by atoms with Crippen molar-refractivity contribution in [2.45, 2.75) is 19.3 Å². The first-order valence-corrected chi connectivity index (χ1v) is 9.15. The first-order chi connectivity index (χ1) is 14.1. The second kappa shape index (κ2) is 9.68. The number of benzene rings is 2. The van der Waals surface area contributed by atoms with E-state index >= 15 is 0 Å². The largest absolute Gasteiger partial charge is 0.493 e. The van der Waals surface area contributed by atoms with E-state index in [2.05, 4.69) is 15.5 Å². The number of halogens is 1. The lowest BCUT2D eigenvalue weighted by Crippen LogP contribution is -2.25. The van der Waals surface area contributed by atoms with E-state index in [1.165, 1.54) is 12.1 Å². The quantitative estimate of drug-likeness (QED) is 0.595. The number of nitrogens with one attached hydrogen (secondary N) is 1. The third-order valence-corrected chi connectivity index (χ3v) is 4.30. The number of nitrogens with zero attached hydrogens (tertiary/aromatic N) is 2. The Morgan fingerprint density at radius 1 is 1.10 bits per heavy atom. The lowest BCUT2D eigenvalue weighted by atomic mass is 10.1. The van der Waals surface area contributed by atoms with Crippen molar-refractivity contribution in [2.24, 2.45) is 0 Å². The topological polar surface area (TPSA) is 86.5 Å². The van der Waals surface area contributed by atoms with Crippen LogP contribution in [0.3, 0.4) is 0 Å². The summed E-state index contributed by atoms with van der Waals surface area (Å²) >= 11 is 0. The fourth-order valence-electron chi connectivity index (χ4n) is 2.79. The van der Waals surface area contributed by atoms with Crippen molar-refractivity contribution >= 4 is 5.91 Å². The van der Waals surface area contributed by atoms with Gasteiger partial charge >= 0.3 is 0 Å². The molecule has 1 N–H and O–H groups in total. The molecule has 7 nitrogen and oxygen atoms in total. The van der Waals surface area contributed by atoms with Crippen molar-refractivity contribution in [1.82, 2.24) is 15.5 Å². The van der Waals surface area contributed by atoms with Crippen LogP contribution in [0.5, 0.6) is 11.5 Å². The summed E-state index contributed by atoms with van der Waals surface area (Å²) in [5.74, 6) is 1.46. The molecule has 0 saturated heterocycles. The number of hydrogen-bond acceptors (Lipinski definition) is 6. The van der Waals surface area contributed by atoms with E-state index in [1.54, 1.807) is 26.4 Å². The summed E-state index contributed by atoms with van der Waals surface area (Å²) in [4.78, 5) is 16.3. The van der Waals surface area contributed by atoms with Gasteiger partial charge in [0.05, 0.1) is 14.2 Å². The SMILES string of the molecule is COc1ccc(CCNC(=O)CCc2nc(-c3cccc(F)c3)no2)cc1OC. The second-order valence-electron chi connectivity index (χ2n) is 6.31. The predicted octanol–water partition coefficient (Wildman–Crippen LogP) is 3.18. The third-order valence-electron chi connectivity index (χ3n) is 4.30. The zero-order valence-electron chi connectivity index (χ0n) is 16.3. The second-order valence-corrected chi connectivity index (χ2v) is 6.31. The summed E-state index contributed by atoms with van der Waals surface area (Å²) in [6.07, 6.45) is 1.19. The van der Waals surface area contributed by atoms with Crippen LogP contribution in [-0.4, -0.2) is 36.8 Å². The highest BCUT2D eigenvalue weighted by Gasteiger charge is 2.11. The summed E-state index contributed by atoms with van der Waals surface area (Å²) < 4.78 is 28.9. The van der Waals surface area contributed by atoms with E-state index in [0.717, 1.165) is 5.56 Å². The number of amides is 1. The van der Waals surface area contributed by atoms with Crippen molar-refractivity contribution in [3.63, 3.8) is 0 Å². The summed E-state index contributed by atoms with van der Waals surface area (Å²) in [6, 6.07) is 11.6. The van der Waals surface area contributed by atoms with Crippen molar-refractivity contribution in [3.05, 3.63) is 59.7 Å². The number of carbonyl (C=O) groups excluding carboxylic acids is 1. The number of methoxy groups -OCH3 is 2. The number of hydrogen-bond donors (Lipinski definition) is 1. The molecule has 3 aromatic rings. The van der Waals surface area contributed by atoms with E-state index in [9.17, 15) is 9.18 Å². The van der Waals surface area contributed by atoms with Gasteiger partial charge in [0.25, 0.3) is 0 Å². The number of carbonyl (C=O) groups is 1. The van der Waals surface area contributed by atoms with Crippen LogP contribution in [0.25, 0.3) is 11.4 Å². The standard InChI is InChI=1S/C21H22FN3O4/c1-27-17-7-6-14(12-18(17)28-2)10-11-23-19(26)8-9-20-24-21(25-29-20)15-4-3-5-16(22)13-15/h3-7,12-13H,8-11H2,1-2H3,(H,23,26). The van der Waals surface area contributed by atoms with Gasteiger partial charge in [-0.05, 0) is 36.2 Å². The molecule has 0 aliphatic carbocycles. The molecule has 1 aromatic heterocycles. The number of ether oxygens (including phenoxy) is 2. The average molecular weight is 399 g/mol. The molecule has 3 rings (SSSR count). The Hall–Kier alpha value is -3.42. The Morgan fingerprint density at radius 3 is 2.69 bits per heavy atom. The van der Waals surface area contributed by atoms with Gasteiger partial charge in [0.2, 0.25) is 17.6 Å². The molecule has 0 aliphatic heterocycles. The Bertz CT molecular complexity index is 974. The highest BCUT2D eigenvalue weighted by Crippen LogP contribution is 2.27. The Labute approximate surface area is 167 Å². The molecular weight excluding hydrogens is 377 g/mol. The van der Waals surface area contributed by atoms with Gasteiger partial charge < -0.3 is 19.3 Å². The Morgan fingerprint density at radius 2 is 1.93 bits per heavy atom. The first-order valence-electron chi connectivity index (χ1n) is 9.15. The summed E-state index contributed by atoms with van der Waals surface area (Å²) in [7, 11) is 3.17. The summed E-state index contributed by atoms with van der Waals surface area (Å²) in [5, 5.41) is 6.69. The minimum atomic E-state index is -0.372. The summed E-state index contributed by atoms with van der Waals surface area (Å²) in [5.41, 5.74) is 1.55. The van der Waals surface area contributed by atoms with Gasteiger partial charge in [-0.2, -0.15) is 4.98 Å². The molecule has 0 atom stereocenters. The molecule has 0 radical (unpaired) electrons. The molecule has 0 aliphatic rings. The Kier molecular flexibility index (Phi) is 6.78. The van der Waals surface area contributed by atoms with Crippen LogP contribution in [0.2, 0.25) is 0 Å². The van der Waals surface area contributed by atoms with E-state index in [4.69, 9.17) is 14.0 Å². The third kappa shape index (κ3) is 5.54. The smallest absolute Gasteiger partial charge is 0.227 e. The van der Waals surface area contributed by atoms with Crippen molar-refractivity contribution < 1.29 is 23.2 Å². The first kappa shape index (κ1) is 20.3. The highest BCUT2D eigenvalue weighted by atomic mass is 19.1. The molecule has 8 heteroatoms. The van der Waals surface area contributed by atoms with E-state index in [-0.39, 0.29) is 18.1 Å². The van der Waals surface area contributed by atoms with Crippen LogP contribution in [-0.2, 0) is 17.6 Å². The molecule has 152 valence electrons. The van der Waals surface area contributed by atoms with Crippen LogP contribution in [0.15, 0.2) is 47.0 Å². The van der Waals surface area contributed by atoms with Gasteiger partial charge in [-0.15, -0.1) is 0 Å². The van der Waals surface area contributed by atoms with Gasteiger partial charge in [0.15, 0.2) is 11.5 Å². The maximum absolute atomic E-state index is 13.3. The maximum Gasteiger partial charge on any atom is 0.227 e.